The molecule has 7 heteroatoms. The minimum absolute atomic E-state index is 0.150. The number of sulfone groups is 1. The van der Waals surface area contributed by atoms with Crippen molar-refractivity contribution in [2.24, 2.45) is 5.92 Å². The number of hydrogen-bond acceptors (Lipinski definition) is 5. The normalized spacial score (nSPS) is 19.7. The van der Waals surface area contributed by atoms with Gasteiger partial charge in [-0.2, -0.15) is 0 Å². The molecule has 0 radical (unpaired) electrons. The average molecular weight is 388 g/mol. The summed E-state index contributed by atoms with van der Waals surface area (Å²) >= 11 is 0. The first-order valence-electron chi connectivity index (χ1n) is 9.46. The third kappa shape index (κ3) is 4.24. The molecule has 2 aliphatic carbocycles. The van der Waals surface area contributed by atoms with Gasteiger partial charge in [0.2, 0.25) is 5.88 Å². The zero-order valence-electron chi connectivity index (χ0n) is 15.4. The second kappa shape index (κ2) is 7.11. The molecule has 0 N–H and O–H groups in total. The van der Waals surface area contributed by atoms with Gasteiger partial charge in [0, 0.05) is 30.1 Å². The number of fused-ring (bicyclic) bond motifs is 1. The Hall–Kier alpha value is -2.15. The minimum Gasteiger partial charge on any atom is -0.474 e. The largest absolute Gasteiger partial charge is 0.474 e. The fourth-order valence-corrected chi connectivity index (χ4v) is 4.20. The van der Waals surface area contributed by atoms with E-state index in [1.54, 1.807) is 23.0 Å². The van der Waals surface area contributed by atoms with Crippen LogP contribution in [0.25, 0.3) is 10.8 Å². The standard InChI is InChI=1S/C20H24N2O4S/c1-27(24,25)11-9-18(14-6-7-14)22-10-8-15-12-19(21-13-17(15)20(22)23)26-16-4-2-3-5-16/h8-14,16,18H,2-7H2,1H3/b11-9+/t18-/m1/s1. The van der Waals surface area contributed by atoms with Gasteiger partial charge in [-0.15, -0.1) is 0 Å². The molecule has 2 aliphatic rings. The van der Waals surface area contributed by atoms with Crippen LogP contribution in [-0.4, -0.2) is 30.3 Å². The molecule has 0 aromatic carbocycles. The molecule has 0 amide bonds. The van der Waals surface area contributed by atoms with Crippen molar-refractivity contribution >= 4 is 20.6 Å². The van der Waals surface area contributed by atoms with Crippen molar-refractivity contribution in [2.45, 2.75) is 50.7 Å². The van der Waals surface area contributed by atoms with Crippen molar-refractivity contribution in [3.8, 4) is 5.88 Å². The van der Waals surface area contributed by atoms with E-state index in [4.69, 9.17) is 4.74 Å². The van der Waals surface area contributed by atoms with E-state index in [1.165, 1.54) is 18.2 Å². The summed E-state index contributed by atoms with van der Waals surface area (Å²) in [6, 6.07) is 3.45. The molecule has 2 fully saturated rings. The Kier molecular flexibility index (Phi) is 4.80. The summed E-state index contributed by atoms with van der Waals surface area (Å²) in [7, 11) is -3.23. The predicted molar refractivity (Wildman–Crippen MR) is 105 cm³/mol. The van der Waals surface area contributed by atoms with Crippen LogP contribution in [0.1, 0.15) is 44.6 Å². The molecule has 144 valence electrons. The van der Waals surface area contributed by atoms with Crippen molar-refractivity contribution in [1.82, 2.24) is 9.55 Å². The Balaban J connectivity index is 1.66. The SMILES string of the molecule is CS(=O)(=O)/C=C/[C@H](C1CC1)n1ccc2cc(OC3CCCC3)ncc2c1=O. The Morgan fingerprint density at radius 3 is 2.67 bits per heavy atom. The van der Waals surface area contributed by atoms with E-state index in [-0.39, 0.29) is 17.7 Å². The Labute approximate surface area is 158 Å². The van der Waals surface area contributed by atoms with Gasteiger partial charge in [0.05, 0.1) is 11.4 Å². The maximum Gasteiger partial charge on any atom is 0.260 e. The van der Waals surface area contributed by atoms with Crippen LogP contribution in [0.3, 0.4) is 0 Å². The zero-order valence-corrected chi connectivity index (χ0v) is 16.2. The van der Waals surface area contributed by atoms with Gasteiger partial charge in [-0.1, -0.05) is 6.08 Å². The van der Waals surface area contributed by atoms with Crippen molar-refractivity contribution in [2.75, 3.05) is 6.26 Å². The lowest BCUT2D eigenvalue weighted by Gasteiger charge is -2.17. The lowest BCUT2D eigenvalue weighted by Crippen LogP contribution is -2.25. The monoisotopic (exact) mass is 388 g/mol. The van der Waals surface area contributed by atoms with Crippen molar-refractivity contribution < 1.29 is 13.2 Å². The van der Waals surface area contributed by atoms with E-state index in [0.29, 0.717) is 17.2 Å². The number of nitrogens with zero attached hydrogens (tertiary/aromatic N) is 2. The molecule has 0 saturated heterocycles. The quantitative estimate of drug-likeness (QED) is 0.759. The Morgan fingerprint density at radius 2 is 2.00 bits per heavy atom. The average Bonchev–Trinajstić information content (AvgIpc) is 3.32. The summed E-state index contributed by atoms with van der Waals surface area (Å²) in [6.45, 7) is 0. The third-order valence-electron chi connectivity index (χ3n) is 5.33. The second-order valence-electron chi connectivity index (χ2n) is 7.65. The van der Waals surface area contributed by atoms with E-state index in [0.717, 1.165) is 37.3 Å². The summed E-state index contributed by atoms with van der Waals surface area (Å²) in [5.74, 6) is 0.860. The second-order valence-corrected chi connectivity index (χ2v) is 9.58. The van der Waals surface area contributed by atoms with Crippen LogP contribution in [-0.2, 0) is 9.84 Å². The van der Waals surface area contributed by atoms with Crippen LogP contribution in [0, 0.1) is 5.92 Å². The van der Waals surface area contributed by atoms with Gasteiger partial charge in [-0.05, 0) is 55.9 Å². The summed E-state index contributed by atoms with van der Waals surface area (Å²) in [5.41, 5.74) is -0.150. The predicted octanol–water partition coefficient (Wildman–Crippen LogP) is 3.23. The van der Waals surface area contributed by atoms with Crippen LogP contribution in [0.15, 0.2) is 40.8 Å². The molecule has 2 saturated carbocycles. The van der Waals surface area contributed by atoms with Crippen molar-refractivity contribution in [3.63, 3.8) is 0 Å². The van der Waals surface area contributed by atoms with Gasteiger partial charge in [0.15, 0.2) is 9.84 Å². The lowest BCUT2D eigenvalue weighted by atomic mass is 10.1. The molecule has 4 rings (SSSR count). The van der Waals surface area contributed by atoms with Gasteiger partial charge in [0.25, 0.3) is 5.56 Å². The highest BCUT2D eigenvalue weighted by atomic mass is 32.2. The van der Waals surface area contributed by atoms with E-state index in [9.17, 15) is 13.2 Å². The zero-order chi connectivity index (χ0) is 19.0. The number of aromatic nitrogens is 2. The molecule has 6 nitrogen and oxygen atoms in total. The summed E-state index contributed by atoms with van der Waals surface area (Å²) < 4.78 is 30.5. The fourth-order valence-electron chi connectivity index (χ4n) is 3.75. The first kappa shape index (κ1) is 18.2. The van der Waals surface area contributed by atoms with Gasteiger partial charge in [-0.25, -0.2) is 13.4 Å². The van der Waals surface area contributed by atoms with E-state index >= 15 is 0 Å². The van der Waals surface area contributed by atoms with Crippen LogP contribution in [0.5, 0.6) is 5.88 Å². The highest BCUT2D eigenvalue weighted by Gasteiger charge is 2.31. The van der Waals surface area contributed by atoms with E-state index in [2.05, 4.69) is 4.98 Å². The number of pyridine rings is 2. The van der Waals surface area contributed by atoms with Crippen LogP contribution >= 0.6 is 0 Å². The molecule has 2 heterocycles. The van der Waals surface area contributed by atoms with E-state index in [1.807, 2.05) is 12.1 Å². The fraction of sp³-hybridized carbons (Fsp3) is 0.500. The Morgan fingerprint density at radius 1 is 1.26 bits per heavy atom. The highest BCUT2D eigenvalue weighted by molar-refractivity contribution is 7.93. The first-order valence-corrected chi connectivity index (χ1v) is 11.4. The van der Waals surface area contributed by atoms with Gasteiger partial charge < -0.3 is 9.30 Å². The minimum atomic E-state index is -3.23. The van der Waals surface area contributed by atoms with Gasteiger partial charge in [0.1, 0.15) is 6.10 Å². The first-order chi connectivity index (χ1) is 12.9. The molecule has 0 aliphatic heterocycles. The maximum absolute atomic E-state index is 13.0. The molecule has 1 atom stereocenters. The molecule has 0 unspecified atom stereocenters. The molecule has 2 aromatic rings. The highest BCUT2D eigenvalue weighted by Crippen LogP contribution is 2.40. The maximum atomic E-state index is 13.0. The molecular formula is C20H24N2O4S. The molecular weight excluding hydrogens is 364 g/mol. The van der Waals surface area contributed by atoms with E-state index < -0.39 is 9.84 Å². The van der Waals surface area contributed by atoms with Gasteiger partial charge in [-0.3, -0.25) is 4.79 Å². The number of hydrogen-bond donors (Lipinski definition) is 0. The summed E-state index contributed by atoms with van der Waals surface area (Å²) in [4.78, 5) is 17.3. The van der Waals surface area contributed by atoms with Gasteiger partial charge >= 0.3 is 0 Å². The van der Waals surface area contributed by atoms with Crippen LogP contribution in [0.2, 0.25) is 0 Å². The molecule has 2 aromatic heterocycles. The number of rotatable bonds is 6. The molecule has 0 bridgehead atoms. The molecule has 27 heavy (non-hydrogen) atoms. The topological polar surface area (TPSA) is 78.3 Å². The van der Waals surface area contributed by atoms with Crippen molar-refractivity contribution in [1.29, 1.82) is 0 Å². The van der Waals surface area contributed by atoms with Crippen LogP contribution < -0.4 is 10.3 Å². The summed E-state index contributed by atoms with van der Waals surface area (Å²) in [6.07, 6.45) is 12.8. The Bertz CT molecular complexity index is 1030. The number of allylic oxidation sites excluding steroid dienone is 1. The lowest BCUT2D eigenvalue weighted by molar-refractivity contribution is 0.202. The number of ether oxygens (including phenoxy) is 1. The summed E-state index contributed by atoms with van der Waals surface area (Å²) in [5, 5.41) is 2.51. The molecule has 0 spiro atoms. The van der Waals surface area contributed by atoms with Crippen molar-refractivity contribution in [3.05, 3.63) is 46.4 Å². The third-order valence-corrected chi connectivity index (χ3v) is 5.98. The smallest absolute Gasteiger partial charge is 0.260 e. The van der Waals surface area contributed by atoms with Crippen LogP contribution in [0.4, 0.5) is 0 Å².